The third kappa shape index (κ3) is 3.94. The summed E-state index contributed by atoms with van der Waals surface area (Å²) < 4.78 is 32.5. The monoisotopic (exact) mass is 338 g/mol. The van der Waals surface area contributed by atoms with Gasteiger partial charge in [0.15, 0.2) is 0 Å². The van der Waals surface area contributed by atoms with Gasteiger partial charge in [-0.1, -0.05) is 24.6 Å². The van der Waals surface area contributed by atoms with Crippen molar-refractivity contribution in [2.75, 3.05) is 26.3 Å². The molecule has 1 unspecified atom stereocenters. The number of sulfonamides is 1. The summed E-state index contributed by atoms with van der Waals surface area (Å²) in [7, 11) is -3.40. The highest BCUT2D eigenvalue weighted by atomic mass is 32.2. The number of hydrogen-bond acceptors (Lipinski definition) is 4. The summed E-state index contributed by atoms with van der Waals surface area (Å²) >= 11 is 0. The van der Waals surface area contributed by atoms with Crippen LogP contribution in [0.3, 0.4) is 0 Å². The molecule has 0 amide bonds. The van der Waals surface area contributed by atoms with Gasteiger partial charge < -0.3 is 10.1 Å². The molecular formula is C17H26N2O3S. The van der Waals surface area contributed by atoms with E-state index in [1.165, 1.54) is 19.3 Å². The van der Waals surface area contributed by atoms with Crippen LogP contribution in [-0.4, -0.2) is 40.8 Å². The molecule has 1 aliphatic heterocycles. The fourth-order valence-electron chi connectivity index (χ4n) is 3.95. The Bertz CT molecular complexity index is 598. The molecule has 1 atom stereocenters. The first-order valence-electron chi connectivity index (χ1n) is 8.48. The molecule has 0 radical (unpaired) electrons. The van der Waals surface area contributed by atoms with E-state index in [0.29, 0.717) is 29.4 Å². The average Bonchev–Trinajstić information content (AvgIpc) is 2.95. The molecule has 1 heterocycles. The SMILES string of the molecule is O=S(=O)(NCCNC1CCCC12CCOCC2)c1ccccc1. The molecule has 5 nitrogen and oxygen atoms in total. The van der Waals surface area contributed by atoms with Crippen LogP contribution < -0.4 is 10.0 Å². The van der Waals surface area contributed by atoms with Gasteiger partial charge in [0.2, 0.25) is 10.0 Å². The molecule has 3 rings (SSSR count). The van der Waals surface area contributed by atoms with Crippen molar-refractivity contribution in [2.45, 2.75) is 43.0 Å². The molecule has 1 saturated carbocycles. The highest BCUT2D eigenvalue weighted by Gasteiger charge is 2.43. The Balaban J connectivity index is 1.48. The zero-order valence-electron chi connectivity index (χ0n) is 13.5. The molecule has 6 heteroatoms. The maximum atomic E-state index is 12.2. The molecule has 2 N–H and O–H groups in total. The first-order valence-corrected chi connectivity index (χ1v) is 9.97. The quantitative estimate of drug-likeness (QED) is 0.778. The molecule has 1 aromatic rings. The highest BCUT2D eigenvalue weighted by Crippen LogP contribution is 2.45. The number of nitrogens with one attached hydrogen (secondary N) is 2. The molecule has 128 valence electrons. The van der Waals surface area contributed by atoms with Crippen LogP contribution in [-0.2, 0) is 14.8 Å². The first-order chi connectivity index (χ1) is 11.1. The topological polar surface area (TPSA) is 67.4 Å². The number of ether oxygens (including phenoxy) is 1. The van der Waals surface area contributed by atoms with Crippen molar-refractivity contribution >= 4 is 10.0 Å². The second-order valence-corrected chi connectivity index (χ2v) is 8.35. The Morgan fingerprint density at radius 2 is 1.83 bits per heavy atom. The van der Waals surface area contributed by atoms with Crippen molar-refractivity contribution in [3.05, 3.63) is 30.3 Å². The summed E-state index contributed by atoms with van der Waals surface area (Å²) in [5.41, 5.74) is 0.372. The van der Waals surface area contributed by atoms with Crippen LogP contribution in [0.5, 0.6) is 0 Å². The number of hydrogen-bond donors (Lipinski definition) is 2. The summed E-state index contributed by atoms with van der Waals surface area (Å²) in [6.07, 6.45) is 5.96. The van der Waals surface area contributed by atoms with E-state index < -0.39 is 10.0 Å². The fraction of sp³-hybridized carbons (Fsp3) is 0.647. The van der Waals surface area contributed by atoms with Gasteiger partial charge in [-0.05, 0) is 43.2 Å². The van der Waals surface area contributed by atoms with Gasteiger partial charge in [-0.2, -0.15) is 0 Å². The van der Waals surface area contributed by atoms with Crippen LogP contribution in [0.2, 0.25) is 0 Å². The molecule has 1 spiro atoms. The average molecular weight is 338 g/mol. The standard InChI is InChI=1S/C17H26N2O3S/c20-23(21,15-5-2-1-3-6-15)19-12-11-18-16-7-4-8-17(16)9-13-22-14-10-17/h1-3,5-6,16,18-19H,4,7-14H2. The molecule has 0 aromatic heterocycles. The molecule has 2 fully saturated rings. The van der Waals surface area contributed by atoms with Crippen LogP contribution in [0.25, 0.3) is 0 Å². The van der Waals surface area contributed by atoms with Crippen molar-refractivity contribution < 1.29 is 13.2 Å². The highest BCUT2D eigenvalue weighted by molar-refractivity contribution is 7.89. The van der Waals surface area contributed by atoms with Crippen molar-refractivity contribution in [3.8, 4) is 0 Å². The summed E-state index contributed by atoms with van der Waals surface area (Å²) in [6.45, 7) is 2.80. The number of rotatable bonds is 6. The summed E-state index contributed by atoms with van der Waals surface area (Å²) in [5.74, 6) is 0. The van der Waals surface area contributed by atoms with Gasteiger partial charge in [0.05, 0.1) is 4.90 Å². The van der Waals surface area contributed by atoms with Gasteiger partial charge in [0, 0.05) is 32.3 Å². The van der Waals surface area contributed by atoms with E-state index in [2.05, 4.69) is 10.0 Å². The molecular weight excluding hydrogens is 312 g/mol. The van der Waals surface area contributed by atoms with Crippen LogP contribution in [0.4, 0.5) is 0 Å². The van der Waals surface area contributed by atoms with E-state index in [1.54, 1.807) is 24.3 Å². The Kier molecular flexibility index (Phi) is 5.36. The smallest absolute Gasteiger partial charge is 0.240 e. The third-order valence-corrected chi connectivity index (χ3v) is 6.73. The zero-order valence-corrected chi connectivity index (χ0v) is 14.3. The van der Waals surface area contributed by atoms with Gasteiger partial charge in [-0.25, -0.2) is 13.1 Å². The summed E-state index contributed by atoms with van der Waals surface area (Å²) in [4.78, 5) is 0.321. The Labute approximate surface area is 138 Å². The van der Waals surface area contributed by atoms with Crippen LogP contribution >= 0.6 is 0 Å². The van der Waals surface area contributed by atoms with E-state index in [-0.39, 0.29) is 0 Å². The molecule has 1 saturated heterocycles. The lowest BCUT2D eigenvalue weighted by Gasteiger charge is -2.39. The minimum atomic E-state index is -3.40. The second-order valence-electron chi connectivity index (χ2n) is 6.58. The lowest BCUT2D eigenvalue weighted by Crippen LogP contribution is -2.46. The van der Waals surface area contributed by atoms with E-state index >= 15 is 0 Å². The van der Waals surface area contributed by atoms with Gasteiger partial charge >= 0.3 is 0 Å². The lowest BCUT2D eigenvalue weighted by atomic mass is 9.75. The van der Waals surface area contributed by atoms with Crippen LogP contribution in [0.15, 0.2) is 35.2 Å². The maximum Gasteiger partial charge on any atom is 0.240 e. The van der Waals surface area contributed by atoms with Crippen LogP contribution in [0, 0.1) is 5.41 Å². The maximum absolute atomic E-state index is 12.2. The van der Waals surface area contributed by atoms with Gasteiger partial charge in [0.25, 0.3) is 0 Å². The normalized spacial score (nSPS) is 24.1. The molecule has 1 aliphatic carbocycles. The molecule has 0 bridgehead atoms. The van der Waals surface area contributed by atoms with E-state index in [4.69, 9.17) is 4.74 Å². The number of benzene rings is 1. The Morgan fingerprint density at radius 3 is 2.57 bits per heavy atom. The molecule has 1 aromatic carbocycles. The predicted molar refractivity (Wildman–Crippen MR) is 89.8 cm³/mol. The summed E-state index contributed by atoms with van der Waals surface area (Å²) in [6, 6.07) is 9.01. The predicted octanol–water partition coefficient (Wildman–Crippen LogP) is 1.90. The van der Waals surface area contributed by atoms with E-state index in [1.807, 2.05) is 6.07 Å². The summed E-state index contributed by atoms with van der Waals surface area (Å²) in [5, 5.41) is 3.58. The largest absolute Gasteiger partial charge is 0.381 e. The first kappa shape index (κ1) is 16.9. The minimum absolute atomic E-state index is 0.321. The van der Waals surface area contributed by atoms with Crippen molar-refractivity contribution in [3.63, 3.8) is 0 Å². The van der Waals surface area contributed by atoms with Gasteiger partial charge in [0.1, 0.15) is 0 Å². The second kappa shape index (κ2) is 7.30. The van der Waals surface area contributed by atoms with E-state index in [0.717, 1.165) is 26.1 Å². The minimum Gasteiger partial charge on any atom is -0.381 e. The van der Waals surface area contributed by atoms with Crippen LogP contribution in [0.1, 0.15) is 32.1 Å². The van der Waals surface area contributed by atoms with Gasteiger partial charge in [-0.15, -0.1) is 0 Å². The third-order valence-electron chi connectivity index (χ3n) is 5.26. The lowest BCUT2D eigenvalue weighted by molar-refractivity contribution is 0.00463. The molecule has 2 aliphatic rings. The van der Waals surface area contributed by atoms with E-state index in [9.17, 15) is 8.42 Å². The van der Waals surface area contributed by atoms with Crippen molar-refractivity contribution in [2.24, 2.45) is 5.41 Å². The molecule has 23 heavy (non-hydrogen) atoms. The Hall–Kier alpha value is -0.950. The zero-order chi connectivity index (χ0) is 16.2. The van der Waals surface area contributed by atoms with Crippen molar-refractivity contribution in [1.29, 1.82) is 0 Å². The Morgan fingerprint density at radius 1 is 1.09 bits per heavy atom. The van der Waals surface area contributed by atoms with Crippen molar-refractivity contribution in [1.82, 2.24) is 10.0 Å². The van der Waals surface area contributed by atoms with Gasteiger partial charge in [-0.3, -0.25) is 0 Å². The fourth-order valence-corrected chi connectivity index (χ4v) is 5.00.